The van der Waals surface area contributed by atoms with E-state index in [4.69, 9.17) is 4.74 Å². The molecule has 2 nitrogen and oxygen atoms in total. The summed E-state index contributed by atoms with van der Waals surface area (Å²) in [7, 11) is 1.56. The Labute approximate surface area is 97.6 Å². The molecule has 0 aromatic heterocycles. The molecule has 0 fully saturated rings. The number of hydrogen-bond acceptors (Lipinski definition) is 2. The van der Waals surface area contributed by atoms with Crippen LogP contribution in [0.15, 0.2) is 24.3 Å². The number of hydrogen-bond donors (Lipinski definition) is 0. The Morgan fingerprint density at radius 3 is 2.25 bits per heavy atom. The summed E-state index contributed by atoms with van der Waals surface area (Å²) >= 11 is 0. The van der Waals surface area contributed by atoms with Crippen molar-refractivity contribution in [2.75, 3.05) is 7.11 Å². The molecule has 0 radical (unpaired) electrons. The summed E-state index contributed by atoms with van der Waals surface area (Å²) in [5.41, 5.74) is 1.24. The third-order valence-electron chi connectivity index (χ3n) is 2.81. The van der Waals surface area contributed by atoms with E-state index < -0.39 is 5.60 Å². The minimum absolute atomic E-state index is 0.0260. The van der Waals surface area contributed by atoms with Crippen LogP contribution in [-0.4, -0.2) is 18.5 Å². The maximum absolute atomic E-state index is 12.0. The zero-order chi connectivity index (χ0) is 12.2. The Hall–Kier alpha value is -1.15. The maximum Gasteiger partial charge on any atom is 0.194 e. The van der Waals surface area contributed by atoms with Crippen molar-refractivity contribution in [1.29, 1.82) is 0 Å². The van der Waals surface area contributed by atoms with Crippen LogP contribution in [0.3, 0.4) is 0 Å². The van der Waals surface area contributed by atoms with Crippen LogP contribution in [0.4, 0.5) is 0 Å². The number of benzene rings is 1. The second-order valence-corrected chi connectivity index (χ2v) is 4.49. The van der Waals surface area contributed by atoms with Gasteiger partial charge in [0.1, 0.15) is 5.60 Å². The van der Waals surface area contributed by atoms with E-state index in [0.717, 1.165) is 12.8 Å². The van der Waals surface area contributed by atoms with Crippen molar-refractivity contribution < 1.29 is 9.53 Å². The Balaban J connectivity index is 2.86. The van der Waals surface area contributed by atoms with Crippen molar-refractivity contribution in [3.63, 3.8) is 0 Å². The Kier molecular flexibility index (Phi) is 4.25. The summed E-state index contributed by atoms with van der Waals surface area (Å²) in [6.07, 6.45) is 2.18. The van der Waals surface area contributed by atoms with Crippen LogP contribution in [0.2, 0.25) is 0 Å². The third-order valence-corrected chi connectivity index (χ3v) is 2.81. The van der Waals surface area contributed by atoms with Crippen molar-refractivity contribution in [1.82, 2.24) is 0 Å². The summed E-state index contributed by atoms with van der Waals surface area (Å²) in [6.45, 7) is 5.72. The van der Waals surface area contributed by atoms with Gasteiger partial charge < -0.3 is 4.74 Å². The van der Waals surface area contributed by atoms with Crippen LogP contribution in [0.5, 0.6) is 0 Å². The van der Waals surface area contributed by atoms with Gasteiger partial charge in [0.05, 0.1) is 0 Å². The Bertz CT molecular complexity index is 350. The second kappa shape index (κ2) is 5.26. The first-order valence-corrected chi connectivity index (χ1v) is 5.70. The van der Waals surface area contributed by atoms with Crippen molar-refractivity contribution >= 4 is 5.78 Å². The molecule has 0 unspecified atom stereocenters. The SMILES string of the molecule is CCCc1ccc(C(=O)C(C)(C)OC)cc1. The molecule has 0 saturated carbocycles. The summed E-state index contributed by atoms with van der Waals surface area (Å²) < 4.78 is 5.18. The first kappa shape index (κ1) is 12.9. The molecule has 0 saturated heterocycles. The molecule has 0 spiro atoms. The van der Waals surface area contributed by atoms with Gasteiger partial charge in [-0.15, -0.1) is 0 Å². The monoisotopic (exact) mass is 220 g/mol. The van der Waals surface area contributed by atoms with E-state index in [2.05, 4.69) is 6.92 Å². The van der Waals surface area contributed by atoms with E-state index in [1.807, 2.05) is 24.3 Å². The van der Waals surface area contributed by atoms with Gasteiger partial charge in [-0.05, 0) is 25.8 Å². The number of ether oxygens (including phenoxy) is 1. The standard InChI is InChI=1S/C14H20O2/c1-5-6-11-7-9-12(10-8-11)13(15)14(2,3)16-4/h7-10H,5-6H2,1-4H3. The molecule has 0 aliphatic rings. The minimum atomic E-state index is -0.744. The first-order chi connectivity index (χ1) is 7.51. The number of Topliss-reactive ketones (excluding diaryl/α,β-unsaturated/α-hetero) is 1. The summed E-state index contributed by atoms with van der Waals surface area (Å²) in [4.78, 5) is 12.0. The van der Waals surface area contributed by atoms with Crippen molar-refractivity contribution in [2.24, 2.45) is 0 Å². The lowest BCUT2D eigenvalue weighted by molar-refractivity contribution is 0.0228. The molecule has 0 bridgehead atoms. The number of aryl methyl sites for hydroxylation is 1. The lowest BCUT2D eigenvalue weighted by Crippen LogP contribution is -2.33. The van der Waals surface area contributed by atoms with Crippen molar-refractivity contribution in [3.8, 4) is 0 Å². The van der Waals surface area contributed by atoms with Gasteiger partial charge in [0.25, 0.3) is 0 Å². The van der Waals surface area contributed by atoms with E-state index in [0.29, 0.717) is 5.56 Å². The predicted octanol–water partition coefficient (Wildman–Crippen LogP) is 3.25. The normalized spacial score (nSPS) is 11.5. The second-order valence-electron chi connectivity index (χ2n) is 4.49. The summed E-state index contributed by atoms with van der Waals surface area (Å²) in [5, 5.41) is 0. The predicted molar refractivity (Wildman–Crippen MR) is 65.9 cm³/mol. The zero-order valence-corrected chi connectivity index (χ0v) is 10.5. The molecule has 1 rings (SSSR count). The van der Waals surface area contributed by atoms with Crippen LogP contribution in [0.1, 0.15) is 43.1 Å². The van der Waals surface area contributed by atoms with Gasteiger partial charge >= 0.3 is 0 Å². The van der Waals surface area contributed by atoms with E-state index >= 15 is 0 Å². The van der Waals surface area contributed by atoms with Crippen LogP contribution < -0.4 is 0 Å². The fourth-order valence-electron chi connectivity index (χ4n) is 1.55. The number of carbonyl (C=O) groups is 1. The topological polar surface area (TPSA) is 26.3 Å². The van der Waals surface area contributed by atoms with Gasteiger partial charge in [-0.2, -0.15) is 0 Å². The minimum Gasteiger partial charge on any atom is -0.371 e. The molecular formula is C14H20O2. The number of carbonyl (C=O) groups excluding carboxylic acids is 1. The van der Waals surface area contributed by atoms with Gasteiger partial charge in [-0.3, -0.25) is 4.79 Å². The highest BCUT2D eigenvalue weighted by Crippen LogP contribution is 2.17. The zero-order valence-electron chi connectivity index (χ0n) is 10.5. The highest BCUT2D eigenvalue weighted by atomic mass is 16.5. The molecule has 88 valence electrons. The van der Waals surface area contributed by atoms with E-state index in [9.17, 15) is 4.79 Å². The molecule has 0 N–H and O–H groups in total. The summed E-state index contributed by atoms with van der Waals surface area (Å²) in [6, 6.07) is 7.80. The molecule has 0 aliphatic carbocycles. The molecule has 2 heteroatoms. The number of rotatable bonds is 5. The van der Waals surface area contributed by atoms with Gasteiger partial charge in [0, 0.05) is 12.7 Å². The van der Waals surface area contributed by atoms with Crippen LogP contribution in [-0.2, 0) is 11.2 Å². The van der Waals surface area contributed by atoms with E-state index in [1.165, 1.54) is 5.56 Å². The molecule has 1 aromatic rings. The fraction of sp³-hybridized carbons (Fsp3) is 0.500. The molecule has 0 heterocycles. The first-order valence-electron chi connectivity index (χ1n) is 5.70. The fourth-order valence-corrected chi connectivity index (χ4v) is 1.55. The lowest BCUT2D eigenvalue weighted by Gasteiger charge is -2.21. The number of methoxy groups -OCH3 is 1. The van der Waals surface area contributed by atoms with Gasteiger partial charge in [-0.1, -0.05) is 37.6 Å². The van der Waals surface area contributed by atoms with Gasteiger partial charge in [0.2, 0.25) is 0 Å². The maximum atomic E-state index is 12.0. The average molecular weight is 220 g/mol. The Morgan fingerprint density at radius 2 is 1.81 bits per heavy atom. The largest absolute Gasteiger partial charge is 0.371 e. The van der Waals surface area contributed by atoms with Crippen LogP contribution in [0, 0.1) is 0 Å². The lowest BCUT2D eigenvalue weighted by atomic mass is 9.95. The van der Waals surface area contributed by atoms with Crippen molar-refractivity contribution in [3.05, 3.63) is 35.4 Å². The van der Waals surface area contributed by atoms with E-state index in [1.54, 1.807) is 21.0 Å². The molecule has 0 atom stereocenters. The summed E-state index contributed by atoms with van der Waals surface area (Å²) in [5.74, 6) is 0.0260. The molecule has 1 aromatic carbocycles. The molecule has 0 amide bonds. The smallest absolute Gasteiger partial charge is 0.194 e. The Morgan fingerprint density at radius 1 is 1.25 bits per heavy atom. The average Bonchev–Trinajstić information content (AvgIpc) is 2.29. The number of ketones is 1. The third kappa shape index (κ3) is 2.92. The molecule has 0 aliphatic heterocycles. The van der Waals surface area contributed by atoms with Gasteiger partial charge in [-0.25, -0.2) is 0 Å². The quantitative estimate of drug-likeness (QED) is 0.712. The molecule has 16 heavy (non-hydrogen) atoms. The van der Waals surface area contributed by atoms with E-state index in [-0.39, 0.29) is 5.78 Å². The van der Waals surface area contributed by atoms with Gasteiger partial charge in [0.15, 0.2) is 5.78 Å². The highest BCUT2D eigenvalue weighted by molar-refractivity contribution is 6.01. The van der Waals surface area contributed by atoms with Crippen molar-refractivity contribution in [2.45, 2.75) is 39.2 Å². The molecular weight excluding hydrogens is 200 g/mol. The highest BCUT2D eigenvalue weighted by Gasteiger charge is 2.27. The van der Waals surface area contributed by atoms with Crippen LogP contribution >= 0.6 is 0 Å². The van der Waals surface area contributed by atoms with Crippen LogP contribution in [0.25, 0.3) is 0 Å².